The van der Waals surface area contributed by atoms with Crippen molar-refractivity contribution in [2.75, 3.05) is 13.7 Å². The molecule has 0 amide bonds. The standard InChI is InChI=1S/C13H13BrN2O4/c1-19-11-7-9(13(17)18)6-10(14)12(11)20-5-4-16-3-2-15-8-16/h2-3,6-8H,4-5H2,1H3,(H,17,18). The third kappa shape index (κ3) is 3.30. The Morgan fingerprint density at radius 3 is 2.90 bits per heavy atom. The SMILES string of the molecule is COc1cc(C(=O)O)cc(Br)c1OCCn1ccnc1. The molecule has 0 aliphatic carbocycles. The number of imidazole rings is 1. The van der Waals surface area contributed by atoms with Crippen LogP contribution in [0.15, 0.2) is 35.3 Å². The van der Waals surface area contributed by atoms with Gasteiger partial charge >= 0.3 is 5.97 Å². The van der Waals surface area contributed by atoms with E-state index < -0.39 is 5.97 Å². The monoisotopic (exact) mass is 340 g/mol. The van der Waals surface area contributed by atoms with E-state index in [9.17, 15) is 4.79 Å². The van der Waals surface area contributed by atoms with Crippen LogP contribution in [0.1, 0.15) is 10.4 Å². The maximum Gasteiger partial charge on any atom is 0.335 e. The fraction of sp³-hybridized carbons (Fsp3) is 0.231. The van der Waals surface area contributed by atoms with Gasteiger partial charge in [0.25, 0.3) is 0 Å². The highest BCUT2D eigenvalue weighted by Crippen LogP contribution is 2.36. The minimum Gasteiger partial charge on any atom is -0.493 e. The van der Waals surface area contributed by atoms with Gasteiger partial charge in [0.1, 0.15) is 6.61 Å². The lowest BCUT2D eigenvalue weighted by Crippen LogP contribution is -2.08. The molecule has 1 aromatic carbocycles. The van der Waals surface area contributed by atoms with E-state index in [1.807, 2.05) is 10.8 Å². The van der Waals surface area contributed by atoms with E-state index in [2.05, 4.69) is 20.9 Å². The Labute approximate surface area is 124 Å². The van der Waals surface area contributed by atoms with Crippen molar-refractivity contribution in [2.45, 2.75) is 6.54 Å². The molecule has 0 atom stereocenters. The number of carboxylic acid groups (broad SMARTS) is 1. The van der Waals surface area contributed by atoms with Gasteiger partial charge in [0.15, 0.2) is 11.5 Å². The highest BCUT2D eigenvalue weighted by atomic mass is 79.9. The number of rotatable bonds is 6. The third-order valence-corrected chi connectivity index (χ3v) is 3.22. The minimum absolute atomic E-state index is 0.135. The van der Waals surface area contributed by atoms with Crippen molar-refractivity contribution in [3.63, 3.8) is 0 Å². The lowest BCUT2D eigenvalue weighted by Gasteiger charge is -2.13. The number of aromatic nitrogens is 2. The molecule has 1 heterocycles. The summed E-state index contributed by atoms with van der Waals surface area (Å²) >= 11 is 3.30. The van der Waals surface area contributed by atoms with Gasteiger partial charge in [-0.25, -0.2) is 9.78 Å². The van der Waals surface area contributed by atoms with E-state index in [0.29, 0.717) is 29.1 Å². The zero-order valence-corrected chi connectivity index (χ0v) is 12.3. The molecular weight excluding hydrogens is 328 g/mol. The van der Waals surface area contributed by atoms with Crippen molar-refractivity contribution in [1.82, 2.24) is 9.55 Å². The summed E-state index contributed by atoms with van der Waals surface area (Å²) in [6.07, 6.45) is 5.23. The van der Waals surface area contributed by atoms with Gasteiger partial charge in [-0.05, 0) is 28.1 Å². The molecule has 106 valence electrons. The Morgan fingerprint density at radius 2 is 2.30 bits per heavy atom. The van der Waals surface area contributed by atoms with E-state index in [-0.39, 0.29) is 5.56 Å². The van der Waals surface area contributed by atoms with Gasteiger partial charge < -0.3 is 19.1 Å². The van der Waals surface area contributed by atoms with Crippen molar-refractivity contribution in [1.29, 1.82) is 0 Å². The number of aromatic carboxylic acids is 1. The third-order valence-electron chi connectivity index (χ3n) is 2.63. The summed E-state index contributed by atoms with van der Waals surface area (Å²) in [4.78, 5) is 14.9. The number of hydrogen-bond donors (Lipinski definition) is 1. The van der Waals surface area contributed by atoms with Crippen molar-refractivity contribution < 1.29 is 19.4 Å². The fourth-order valence-electron chi connectivity index (χ4n) is 1.66. The predicted octanol–water partition coefficient (Wildman–Crippen LogP) is 2.43. The van der Waals surface area contributed by atoms with Crippen molar-refractivity contribution in [3.05, 3.63) is 40.9 Å². The average molecular weight is 341 g/mol. The first-order chi connectivity index (χ1) is 9.61. The topological polar surface area (TPSA) is 73.6 Å². The molecule has 2 rings (SSSR count). The lowest BCUT2D eigenvalue weighted by atomic mass is 10.2. The molecule has 6 nitrogen and oxygen atoms in total. The fourth-order valence-corrected chi connectivity index (χ4v) is 2.21. The summed E-state index contributed by atoms with van der Waals surface area (Å²) in [6, 6.07) is 2.91. The Morgan fingerprint density at radius 1 is 1.50 bits per heavy atom. The van der Waals surface area contributed by atoms with Crippen LogP contribution in [0.5, 0.6) is 11.5 Å². The number of nitrogens with zero attached hydrogens (tertiary/aromatic N) is 2. The van der Waals surface area contributed by atoms with Crippen LogP contribution in [0.25, 0.3) is 0 Å². The molecule has 0 saturated heterocycles. The first-order valence-corrected chi connectivity index (χ1v) is 6.60. The van der Waals surface area contributed by atoms with Crippen molar-refractivity contribution >= 4 is 21.9 Å². The Balaban J connectivity index is 2.12. The zero-order valence-electron chi connectivity index (χ0n) is 10.7. The number of carboxylic acids is 1. The molecular formula is C13H13BrN2O4. The predicted molar refractivity (Wildman–Crippen MR) is 75.4 cm³/mol. The van der Waals surface area contributed by atoms with Crippen LogP contribution in [-0.2, 0) is 6.54 Å². The van der Waals surface area contributed by atoms with Crippen molar-refractivity contribution in [2.24, 2.45) is 0 Å². The van der Waals surface area contributed by atoms with Crippen LogP contribution >= 0.6 is 15.9 Å². The van der Waals surface area contributed by atoms with E-state index in [4.69, 9.17) is 14.6 Å². The van der Waals surface area contributed by atoms with Crippen LogP contribution in [-0.4, -0.2) is 34.3 Å². The summed E-state index contributed by atoms with van der Waals surface area (Å²) in [5.41, 5.74) is 0.135. The maximum atomic E-state index is 11.0. The molecule has 1 N–H and O–H groups in total. The molecule has 20 heavy (non-hydrogen) atoms. The van der Waals surface area contributed by atoms with E-state index >= 15 is 0 Å². The Hall–Kier alpha value is -2.02. The number of benzene rings is 1. The van der Waals surface area contributed by atoms with Crippen LogP contribution in [0.4, 0.5) is 0 Å². The molecule has 0 fully saturated rings. The quantitative estimate of drug-likeness (QED) is 0.874. The highest BCUT2D eigenvalue weighted by Gasteiger charge is 2.14. The molecule has 0 aliphatic heterocycles. The molecule has 7 heteroatoms. The largest absolute Gasteiger partial charge is 0.493 e. The smallest absolute Gasteiger partial charge is 0.335 e. The summed E-state index contributed by atoms with van der Waals surface area (Å²) in [7, 11) is 1.47. The second kappa shape index (κ2) is 6.42. The number of carbonyl (C=O) groups is 1. The first kappa shape index (κ1) is 14.4. The molecule has 0 radical (unpaired) electrons. The van der Waals surface area contributed by atoms with Gasteiger partial charge in [0.2, 0.25) is 0 Å². The van der Waals surface area contributed by atoms with Crippen LogP contribution in [0.2, 0.25) is 0 Å². The van der Waals surface area contributed by atoms with Crippen molar-refractivity contribution in [3.8, 4) is 11.5 Å². The number of halogens is 1. The molecule has 1 aromatic heterocycles. The Kier molecular flexibility index (Phi) is 4.62. The van der Waals surface area contributed by atoms with E-state index in [1.54, 1.807) is 12.5 Å². The second-order valence-corrected chi connectivity index (χ2v) is 4.80. The molecule has 0 saturated carbocycles. The molecule has 0 unspecified atom stereocenters. The first-order valence-electron chi connectivity index (χ1n) is 5.81. The number of hydrogen-bond acceptors (Lipinski definition) is 4. The van der Waals surface area contributed by atoms with Gasteiger partial charge in [-0.1, -0.05) is 0 Å². The normalized spacial score (nSPS) is 10.3. The molecule has 0 aliphatic rings. The summed E-state index contributed by atoms with van der Waals surface area (Å²) in [6.45, 7) is 1.05. The molecule has 2 aromatic rings. The number of methoxy groups -OCH3 is 1. The van der Waals surface area contributed by atoms with E-state index in [0.717, 1.165) is 0 Å². The molecule has 0 spiro atoms. The minimum atomic E-state index is -1.02. The molecule has 0 bridgehead atoms. The van der Waals surface area contributed by atoms with Gasteiger partial charge in [-0.2, -0.15) is 0 Å². The summed E-state index contributed by atoms with van der Waals surface area (Å²) < 4.78 is 13.2. The van der Waals surface area contributed by atoms with Crippen LogP contribution < -0.4 is 9.47 Å². The summed E-state index contributed by atoms with van der Waals surface area (Å²) in [5.74, 6) is -0.158. The summed E-state index contributed by atoms with van der Waals surface area (Å²) in [5, 5.41) is 8.99. The van der Waals surface area contributed by atoms with Crippen LogP contribution in [0, 0.1) is 0 Å². The number of ether oxygens (including phenoxy) is 2. The van der Waals surface area contributed by atoms with Gasteiger partial charge in [-0.3, -0.25) is 0 Å². The van der Waals surface area contributed by atoms with Gasteiger partial charge in [0, 0.05) is 12.4 Å². The lowest BCUT2D eigenvalue weighted by molar-refractivity contribution is 0.0696. The average Bonchev–Trinajstić information content (AvgIpc) is 2.93. The second-order valence-electron chi connectivity index (χ2n) is 3.94. The highest BCUT2D eigenvalue weighted by molar-refractivity contribution is 9.10. The zero-order chi connectivity index (χ0) is 14.5. The maximum absolute atomic E-state index is 11.0. The van der Waals surface area contributed by atoms with Gasteiger partial charge in [-0.15, -0.1) is 0 Å². The van der Waals surface area contributed by atoms with Gasteiger partial charge in [0.05, 0.1) is 30.0 Å². The van der Waals surface area contributed by atoms with E-state index in [1.165, 1.54) is 19.2 Å². The Bertz CT molecular complexity index is 599. The van der Waals surface area contributed by atoms with Crippen LogP contribution in [0.3, 0.4) is 0 Å².